The molecule has 0 saturated carbocycles. The van der Waals surface area contributed by atoms with Gasteiger partial charge < -0.3 is 15.0 Å². The first-order valence-electron chi connectivity index (χ1n) is 8.33. The molecule has 0 radical (unpaired) electrons. The molecule has 0 atom stereocenters. The molecule has 0 aromatic carbocycles. The van der Waals surface area contributed by atoms with E-state index in [0.29, 0.717) is 23.7 Å². The summed E-state index contributed by atoms with van der Waals surface area (Å²) >= 11 is 1.26. The zero-order valence-corrected chi connectivity index (χ0v) is 16.5. The molecule has 1 heterocycles. The third kappa shape index (κ3) is 6.51. The highest BCUT2D eigenvalue weighted by atomic mass is 32.2. The van der Waals surface area contributed by atoms with Crippen molar-refractivity contribution in [3.8, 4) is 0 Å². The van der Waals surface area contributed by atoms with Gasteiger partial charge in [-0.15, -0.1) is 0 Å². The smallest absolute Gasteiger partial charge is 0.316 e. The Bertz CT molecular complexity index is 529. The third-order valence-electron chi connectivity index (χ3n) is 2.99. The summed E-state index contributed by atoms with van der Waals surface area (Å²) in [5, 5.41) is 3.73. The Morgan fingerprint density at radius 1 is 1.12 bits per heavy atom. The van der Waals surface area contributed by atoms with Crippen LogP contribution in [0.4, 0.5) is 11.9 Å². The van der Waals surface area contributed by atoms with Gasteiger partial charge in [-0.25, -0.2) is 0 Å². The molecule has 0 aliphatic heterocycles. The number of carbonyl (C=O) groups excluding carboxylic acids is 1. The summed E-state index contributed by atoms with van der Waals surface area (Å²) in [6.07, 6.45) is 0. The second-order valence-electron chi connectivity index (χ2n) is 6.23. The largest absolute Gasteiger partial charge is 0.465 e. The highest BCUT2D eigenvalue weighted by Gasteiger charge is 2.20. The maximum absolute atomic E-state index is 11.6. The number of thioether (sulfide) groups is 1. The summed E-state index contributed by atoms with van der Waals surface area (Å²) in [7, 11) is 0. The predicted molar refractivity (Wildman–Crippen MR) is 98.7 cm³/mol. The number of nitrogens with one attached hydrogen (secondary N) is 1. The quantitative estimate of drug-likeness (QED) is 0.535. The van der Waals surface area contributed by atoms with Crippen molar-refractivity contribution >= 4 is 29.6 Å². The number of hydrogen-bond acceptors (Lipinski definition) is 8. The lowest BCUT2D eigenvalue weighted by Crippen LogP contribution is -2.38. The summed E-state index contributed by atoms with van der Waals surface area (Å²) < 4.78 is 4.96. The van der Waals surface area contributed by atoms with Crippen LogP contribution in [0.15, 0.2) is 5.16 Å². The van der Waals surface area contributed by atoms with E-state index < -0.39 is 0 Å². The summed E-state index contributed by atoms with van der Waals surface area (Å²) in [6.45, 7) is 14.6. The topological polar surface area (TPSA) is 80.2 Å². The second kappa shape index (κ2) is 9.66. The van der Waals surface area contributed by atoms with E-state index in [1.165, 1.54) is 11.8 Å². The Hall–Kier alpha value is -1.57. The van der Waals surface area contributed by atoms with Gasteiger partial charge in [-0.2, -0.15) is 15.0 Å². The van der Waals surface area contributed by atoms with Crippen LogP contribution in [0.5, 0.6) is 0 Å². The third-order valence-corrected chi connectivity index (χ3v) is 3.81. The van der Waals surface area contributed by atoms with Gasteiger partial charge >= 0.3 is 5.97 Å². The van der Waals surface area contributed by atoms with Gasteiger partial charge in [-0.3, -0.25) is 4.79 Å². The minimum Gasteiger partial charge on any atom is -0.465 e. The standard InChI is InChI=1S/C16H29N5O2S/c1-8-23-13(22)9-24-16-19-14(17-10(2)3)18-15(20-16)21(11(4)5)12(6)7/h10-12H,8-9H2,1-7H3,(H,17,18,19,20). The lowest BCUT2D eigenvalue weighted by atomic mass is 10.2. The number of anilines is 2. The van der Waals surface area contributed by atoms with Crippen molar-refractivity contribution in [2.45, 2.75) is 71.7 Å². The van der Waals surface area contributed by atoms with Gasteiger partial charge in [0.15, 0.2) is 5.16 Å². The molecule has 1 aromatic rings. The molecular weight excluding hydrogens is 326 g/mol. The van der Waals surface area contributed by atoms with E-state index in [1.54, 1.807) is 6.92 Å². The maximum atomic E-state index is 11.6. The number of aromatic nitrogens is 3. The van der Waals surface area contributed by atoms with E-state index >= 15 is 0 Å². The van der Waals surface area contributed by atoms with Crippen LogP contribution >= 0.6 is 11.8 Å². The van der Waals surface area contributed by atoms with Crippen molar-refractivity contribution in [2.75, 3.05) is 22.6 Å². The Kier molecular flexibility index (Phi) is 8.24. The number of hydrogen-bond donors (Lipinski definition) is 1. The lowest BCUT2D eigenvalue weighted by Gasteiger charge is -2.31. The van der Waals surface area contributed by atoms with Crippen molar-refractivity contribution in [3.63, 3.8) is 0 Å². The molecule has 7 nitrogen and oxygen atoms in total. The van der Waals surface area contributed by atoms with Gasteiger partial charge in [-0.05, 0) is 48.5 Å². The highest BCUT2D eigenvalue weighted by molar-refractivity contribution is 7.99. The Balaban J connectivity index is 3.09. The van der Waals surface area contributed by atoms with Crippen molar-refractivity contribution in [2.24, 2.45) is 0 Å². The molecule has 136 valence electrons. The van der Waals surface area contributed by atoms with Crippen LogP contribution in [0, 0.1) is 0 Å². The molecule has 0 unspecified atom stereocenters. The first-order chi connectivity index (χ1) is 11.2. The molecule has 1 rings (SSSR count). The van der Waals surface area contributed by atoms with E-state index in [-0.39, 0.29) is 29.8 Å². The monoisotopic (exact) mass is 355 g/mol. The Morgan fingerprint density at radius 2 is 1.75 bits per heavy atom. The summed E-state index contributed by atoms with van der Waals surface area (Å²) in [5.74, 6) is 1.05. The fraction of sp³-hybridized carbons (Fsp3) is 0.750. The van der Waals surface area contributed by atoms with Crippen molar-refractivity contribution < 1.29 is 9.53 Å². The van der Waals surface area contributed by atoms with Crippen LogP contribution in [0.3, 0.4) is 0 Å². The molecule has 8 heteroatoms. The van der Waals surface area contributed by atoms with Crippen molar-refractivity contribution in [3.05, 3.63) is 0 Å². The van der Waals surface area contributed by atoms with Crippen LogP contribution in [0.25, 0.3) is 0 Å². The fourth-order valence-electron chi connectivity index (χ4n) is 2.23. The Labute approximate surface area is 149 Å². The van der Waals surface area contributed by atoms with E-state index in [1.807, 2.05) is 13.8 Å². The molecule has 0 fully saturated rings. The van der Waals surface area contributed by atoms with E-state index in [0.717, 1.165) is 0 Å². The first kappa shape index (κ1) is 20.5. The molecule has 24 heavy (non-hydrogen) atoms. The van der Waals surface area contributed by atoms with E-state index in [2.05, 4.69) is 52.9 Å². The number of rotatable bonds is 9. The number of ether oxygens (including phenoxy) is 1. The van der Waals surface area contributed by atoms with Crippen LogP contribution in [-0.2, 0) is 9.53 Å². The van der Waals surface area contributed by atoms with Crippen LogP contribution < -0.4 is 10.2 Å². The zero-order valence-electron chi connectivity index (χ0n) is 15.7. The van der Waals surface area contributed by atoms with Crippen molar-refractivity contribution in [1.29, 1.82) is 0 Å². The van der Waals surface area contributed by atoms with Gasteiger partial charge in [-0.1, -0.05) is 11.8 Å². The molecule has 0 aliphatic carbocycles. The summed E-state index contributed by atoms with van der Waals surface area (Å²) in [6, 6.07) is 0.708. The van der Waals surface area contributed by atoms with E-state index in [4.69, 9.17) is 4.74 Å². The highest BCUT2D eigenvalue weighted by Crippen LogP contribution is 2.22. The molecule has 0 bridgehead atoms. The number of esters is 1. The number of nitrogens with zero attached hydrogens (tertiary/aromatic N) is 4. The predicted octanol–water partition coefficient (Wildman–Crippen LogP) is 2.97. The normalized spacial score (nSPS) is 11.2. The van der Waals surface area contributed by atoms with Gasteiger partial charge in [0, 0.05) is 18.1 Å². The molecule has 0 spiro atoms. The minimum atomic E-state index is -0.271. The van der Waals surface area contributed by atoms with Crippen molar-refractivity contribution in [1.82, 2.24) is 15.0 Å². The first-order valence-corrected chi connectivity index (χ1v) is 9.32. The van der Waals surface area contributed by atoms with E-state index in [9.17, 15) is 4.79 Å². The lowest BCUT2D eigenvalue weighted by molar-refractivity contribution is -0.139. The summed E-state index contributed by atoms with van der Waals surface area (Å²) in [5.41, 5.74) is 0. The average molecular weight is 356 g/mol. The van der Waals surface area contributed by atoms with Gasteiger partial charge in [0.2, 0.25) is 11.9 Å². The van der Waals surface area contributed by atoms with Crippen LogP contribution in [-0.4, -0.2) is 51.4 Å². The van der Waals surface area contributed by atoms with Crippen LogP contribution in [0.1, 0.15) is 48.5 Å². The minimum absolute atomic E-state index is 0.182. The Morgan fingerprint density at radius 3 is 2.25 bits per heavy atom. The fourth-order valence-corrected chi connectivity index (χ4v) is 2.86. The maximum Gasteiger partial charge on any atom is 0.316 e. The molecule has 0 saturated heterocycles. The molecule has 0 amide bonds. The SMILES string of the molecule is CCOC(=O)CSc1nc(NC(C)C)nc(N(C(C)C)C(C)C)n1. The summed E-state index contributed by atoms with van der Waals surface area (Å²) in [4.78, 5) is 27.2. The molecule has 1 N–H and O–H groups in total. The van der Waals surface area contributed by atoms with Gasteiger partial charge in [0.25, 0.3) is 0 Å². The second-order valence-corrected chi connectivity index (χ2v) is 7.17. The average Bonchev–Trinajstić information content (AvgIpc) is 2.43. The molecule has 1 aromatic heterocycles. The van der Waals surface area contributed by atoms with Crippen LogP contribution in [0.2, 0.25) is 0 Å². The molecule has 0 aliphatic rings. The number of carbonyl (C=O) groups is 1. The molecular formula is C16H29N5O2S. The van der Waals surface area contributed by atoms with Gasteiger partial charge in [0.05, 0.1) is 12.4 Å². The zero-order chi connectivity index (χ0) is 18.3. The van der Waals surface area contributed by atoms with Gasteiger partial charge in [0.1, 0.15) is 0 Å².